The van der Waals surface area contributed by atoms with Crippen LogP contribution in [0.25, 0.3) is 0 Å². The molecule has 1 aromatic heterocycles. The fourth-order valence-electron chi connectivity index (χ4n) is 1.75. The summed E-state index contributed by atoms with van der Waals surface area (Å²) >= 11 is 0. The summed E-state index contributed by atoms with van der Waals surface area (Å²) in [6.07, 6.45) is 3.43. The minimum Gasteiger partial charge on any atom is -0.399 e. The molecule has 2 rings (SSSR count). The number of carbonyl (C=O) groups is 1. The van der Waals surface area contributed by atoms with Crippen molar-refractivity contribution in [2.75, 3.05) is 12.8 Å². The van der Waals surface area contributed by atoms with E-state index >= 15 is 0 Å². The first-order valence-corrected chi connectivity index (χ1v) is 5.75. The average Bonchev–Trinajstić information content (AvgIpc) is 2.77. The van der Waals surface area contributed by atoms with Gasteiger partial charge in [-0.05, 0) is 18.2 Å². The monoisotopic (exact) mass is 262 g/mol. The molecular formula is C13H15FN4O. The van der Waals surface area contributed by atoms with Crippen molar-refractivity contribution in [2.45, 2.75) is 6.54 Å². The molecule has 0 atom stereocenters. The Labute approximate surface area is 110 Å². The van der Waals surface area contributed by atoms with Gasteiger partial charge in [-0.3, -0.25) is 4.79 Å². The van der Waals surface area contributed by atoms with Crippen LogP contribution in [0.4, 0.5) is 10.1 Å². The van der Waals surface area contributed by atoms with Gasteiger partial charge in [-0.2, -0.15) is 0 Å². The first-order chi connectivity index (χ1) is 8.99. The number of halogens is 1. The Hall–Kier alpha value is -2.37. The third-order valence-corrected chi connectivity index (χ3v) is 2.87. The summed E-state index contributed by atoms with van der Waals surface area (Å²) in [5, 5.41) is 0. The zero-order valence-corrected chi connectivity index (χ0v) is 10.8. The smallest absolute Gasteiger partial charge is 0.257 e. The van der Waals surface area contributed by atoms with Crippen molar-refractivity contribution in [3.8, 4) is 0 Å². The molecule has 0 fully saturated rings. The molecule has 0 aliphatic carbocycles. The number of hydrogen-bond acceptors (Lipinski definition) is 3. The number of aromatic nitrogens is 2. The van der Waals surface area contributed by atoms with E-state index in [0.717, 1.165) is 5.82 Å². The van der Waals surface area contributed by atoms with Gasteiger partial charge in [0.1, 0.15) is 11.6 Å². The standard InChI is InChI=1S/C13H15FN4O/c1-17-6-5-16-12(17)8-18(2)13(19)10-7-9(15)3-4-11(10)14/h3-7H,8,15H2,1-2H3. The summed E-state index contributed by atoms with van der Waals surface area (Å²) < 4.78 is 15.4. The Morgan fingerprint density at radius 3 is 2.89 bits per heavy atom. The third-order valence-electron chi connectivity index (χ3n) is 2.87. The normalized spacial score (nSPS) is 10.5. The van der Waals surface area contributed by atoms with Gasteiger partial charge in [0, 0.05) is 32.2 Å². The van der Waals surface area contributed by atoms with Crippen molar-refractivity contribution in [1.82, 2.24) is 14.5 Å². The molecule has 0 spiro atoms. The Kier molecular flexibility index (Phi) is 3.50. The van der Waals surface area contributed by atoms with E-state index in [1.165, 1.54) is 23.1 Å². The van der Waals surface area contributed by atoms with Crippen molar-refractivity contribution < 1.29 is 9.18 Å². The highest BCUT2D eigenvalue weighted by atomic mass is 19.1. The molecule has 19 heavy (non-hydrogen) atoms. The van der Waals surface area contributed by atoms with E-state index in [-0.39, 0.29) is 5.56 Å². The number of imidazole rings is 1. The highest BCUT2D eigenvalue weighted by molar-refractivity contribution is 5.95. The predicted octanol–water partition coefficient (Wildman–Crippen LogP) is 1.41. The molecule has 0 aliphatic heterocycles. The van der Waals surface area contributed by atoms with Gasteiger partial charge in [0.05, 0.1) is 12.1 Å². The van der Waals surface area contributed by atoms with Crippen LogP contribution in [0.3, 0.4) is 0 Å². The van der Waals surface area contributed by atoms with E-state index in [1.807, 2.05) is 7.05 Å². The lowest BCUT2D eigenvalue weighted by atomic mass is 10.1. The van der Waals surface area contributed by atoms with Gasteiger partial charge in [-0.15, -0.1) is 0 Å². The molecule has 2 N–H and O–H groups in total. The summed E-state index contributed by atoms with van der Waals surface area (Å²) in [6.45, 7) is 0.302. The van der Waals surface area contributed by atoms with E-state index in [2.05, 4.69) is 4.98 Å². The van der Waals surface area contributed by atoms with Crippen LogP contribution in [0.15, 0.2) is 30.6 Å². The number of carbonyl (C=O) groups excluding carboxylic acids is 1. The van der Waals surface area contributed by atoms with Gasteiger partial charge >= 0.3 is 0 Å². The summed E-state index contributed by atoms with van der Waals surface area (Å²) in [4.78, 5) is 17.7. The van der Waals surface area contributed by atoms with Gasteiger partial charge in [0.2, 0.25) is 0 Å². The van der Waals surface area contributed by atoms with E-state index in [1.54, 1.807) is 24.0 Å². The number of nitrogens with two attached hydrogens (primary N) is 1. The Morgan fingerprint density at radius 2 is 2.26 bits per heavy atom. The zero-order valence-electron chi connectivity index (χ0n) is 10.8. The Balaban J connectivity index is 2.19. The van der Waals surface area contributed by atoms with Gasteiger partial charge < -0.3 is 15.2 Å². The second-order valence-corrected chi connectivity index (χ2v) is 4.35. The number of benzene rings is 1. The molecule has 0 aliphatic rings. The lowest BCUT2D eigenvalue weighted by Crippen LogP contribution is -2.28. The van der Waals surface area contributed by atoms with Gasteiger partial charge in [0.25, 0.3) is 5.91 Å². The number of aryl methyl sites for hydroxylation is 1. The minimum atomic E-state index is -0.578. The molecule has 1 heterocycles. The van der Waals surface area contributed by atoms with Gasteiger partial charge in [-0.1, -0.05) is 0 Å². The lowest BCUT2D eigenvalue weighted by Gasteiger charge is -2.17. The van der Waals surface area contributed by atoms with E-state index in [0.29, 0.717) is 12.2 Å². The van der Waals surface area contributed by atoms with Gasteiger partial charge in [-0.25, -0.2) is 9.37 Å². The lowest BCUT2D eigenvalue weighted by molar-refractivity contribution is 0.0776. The second kappa shape index (κ2) is 5.09. The van der Waals surface area contributed by atoms with Crippen LogP contribution in [0.2, 0.25) is 0 Å². The minimum absolute atomic E-state index is 0.0308. The zero-order chi connectivity index (χ0) is 14.0. The quantitative estimate of drug-likeness (QED) is 0.851. The third kappa shape index (κ3) is 2.73. The molecule has 5 nitrogen and oxygen atoms in total. The molecule has 0 bridgehead atoms. The number of hydrogen-bond donors (Lipinski definition) is 1. The Bertz CT molecular complexity index is 608. The van der Waals surface area contributed by atoms with Crippen LogP contribution in [-0.2, 0) is 13.6 Å². The first-order valence-electron chi connectivity index (χ1n) is 5.75. The van der Waals surface area contributed by atoms with Crippen molar-refractivity contribution in [1.29, 1.82) is 0 Å². The van der Waals surface area contributed by atoms with Crippen LogP contribution in [-0.4, -0.2) is 27.4 Å². The van der Waals surface area contributed by atoms with Crippen LogP contribution < -0.4 is 5.73 Å². The largest absolute Gasteiger partial charge is 0.399 e. The van der Waals surface area contributed by atoms with Crippen molar-refractivity contribution in [3.63, 3.8) is 0 Å². The molecule has 0 radical (unpaired) electrons. The summed E-state index contributed by atoms with van der Waals surface area (Å²) in [5.74, 6) is -0.279. The summed E-state index contributed by atoms with van der Waals surface area (Å²) in [7, 11) is 3.43. The average molecular weight is 262 g/mol. The molecule has 0 unspecified atom stereocenters. The number of nitrogen functional groups attached to an aromatic ring is 1. The molecular weight excluding hydrogens is 247 g/mol. The van der Waals surface area contributed by atoms with Crippen LogP contribution in [0.1, 0.15) is 16.2 Å². The van der Waals surface area contributed by atoms with Crippen LogP contribution in [0, 0.1) is 5.82 Å². The first kappa shape index (κ1) is 13.1. The number of amides is 1. The Morgan fingerprint density at radius 1 is 1.53 bits per heavy atom. The van der Waals surface area contributed by atoms with Crippen LogP contribution in [0.5, 0.6) is 0 Å². The fraction of sp³-hybridized carbons (Fsp3) is 0.231. The highest BCUT2D eigenvalue weighted by Gasteiger charge is 2.17. The van der Waals surface area contributed by atoms with E-state index in [9.17, 15) is 9.18 Å². The molecule has 6 heteroatoms. The number of nitrogens with zero attached hydrogens (tertiary/aromatic N) is 3. The maximum atomic E-state index is 13.6. The van der Waals surface area contributed by atoms with Gasteiger partial charge in [0.15, 0.2) is 0 Å². The second-order valence-electron chi connectivity index (χ2n) is 4.35. The molecule has 1 amide bonds. The van der Waals surface area contributed by atoms with E-state index < -0.39 is 11.7 Å². The SMILES string of the molecule is CN(Cc1nccn1C)C(=O)c1cc(N)ccc1F. The maximum absolute atomic E-state index is 13.6. The molecule has 1 aromatic carbocycles. The highest BCUT2D eigenvalue weighted by Crippen LogP contribution is 2.15. The molecule has 2 aromatic rings. The maximum Gasteiger partial charge on any atom is 0.257 e. The number of rotatable bonds is 3. The molecule has 100 valence electrons. The molecule has 0 saturated carbocycles. The predicted molar refractivity (Wildman–Crippen MR) is 69.8 cm³/mol. The van der Waals surface area contributed by atoms with E-state index in [4.69, 9.17) is 5.73 Å². The summed E-state index contributed by atoms with van der Waals surface area (Å²) in [5.41, 5.74) is 5.90. The fourth-order valence-corrected chi connectivity index (χ4v) is 1.75. The van der Waals surface area contributed by atoms with Crippen molar-refractivity contribution >= 4 is 11.6 Å². The van der Waals surface area contributed by atoms with Crippen LogP contribution >= 0.6 is 0 Å². The van der Waals surface area contributed by atoms with Crippen molar-refractivity contribution in [3.05, 3.63) is 47.8 Å². The topological polar surface area (TPSA) is 64.2 Å². The summed E-state index contributed by atoms with van der Waals surface area (Å²) in [6, 6.07) is 3.95. The van der Waals surface area contributed by atoms with Crippen molar-refractivity contribution in [2.24, 2.45) is 7.05 Å². The number of anilines is 1. The molecule has 0 saturated heterocycles.